The van der Waals surface area contributed by atoms with Crippen LogP contribution in [0.3, 0.4) is 0 Å². The lowest BCUT2D eigenvalue weighted by Crippen LogP contribution is -2.35. The lowest BCUT2D eigenvalue weighted by atomic mass is 10.1. The number of benzene rings is 2. The van der Waals surface area contributed by atoms with Crippen LogP contribution in [0.15, 0.2) is 48.5 Å². The average molecular weight is 280 g/mol. The third-order valence-corrected chi connectivity index (χ3v) is 3.64. The van der Waals surface area contributed by atoms with Crippen LogP contribution >= 0.6 is 0 Å². The van der Waals surface area contributed by atoms with E-state index in [2.05, 4.69) is 11.0 Å². The van der Waals surface area contributed by atoms with Gasteiger partial charge in [0.15, 0.2) is 0 Å². The van der Waals surface area contributed by atoms with Crippen molar-refractivity contribution < 1.29 is 9.84 Å². The fourth-order valence-corrected chi connectivity index (χ4v) is 2.51. The van der Waals surface area contributed by atoms with Gasteiger partial charge in [0.2, 0.25) is 0 Å². The molecule has 2 aromatic carbocycles. The number of nitriles is 1. The predicted octanol–water partition coefficient (Wildman–Crippen LogP) is 2.49. The number of aliphatic hydroxyl groups excluding tert-OH is 1. The monoisotopic (exact) mass is 280 g/mol. The van der Waals surface area contributed by atoms with Crippen molar-refractivity contribution in [3.05, 3.63) is 59.7 Å². The molecule has 0 fully saturated rings. The summed E-state index contributed by atoms with van der Waals surface area (Å²) in [6.07, 6.45) is -0.594. The molecule has 1 unspecified atom stereocenters. The second kappa shape index (κ2) is 5.86. The van der Waals surface area contributed by atoms with Gasteiger partial charge < -0.3 is 14.7 Å². The number of para-hydroxylation sites is 2. The molecule has 1 N–H and O–H groups in total. The van der Waals surface area contributed by atoms with Gasteiger partial charge in [-0.1, -0.05) is 24.3 Å². The van der Waals surface area contributed by atoms with Crippen molar-refractivity contribution >= 4 is 5.69 Å². The molecule has 106 valence electrons. The molecule has 0 radical (unpaired) electrons. The smallest absolute Gasteiger partial charge is 0.142 e. The molecular weight excluding hydrogens is 264 g/mol. The van der Waals surface area contributed by atoms with E-state index in [1.54, 1.807) is 24.3 Å². The maximum absolute atomic E-state index is 10.4. The van der Waals surface area contributed by atoms with E-state index in [-0.39, 0.29) is 0 Å². The van der Waals surface area contributed by atoms with Crippen LogP contribution in [0.2, 0.25) is 0 Å². The van der Waals surface area contributed by atoms with Crippen LogP contribution in [0.25, 0.3) is 0 Å². The Morgan fingerprint density at radius 3 is 2.71 bits per heavy atom. The fourth-order valence-electron chi connectivity index (χ4n) is 2.51. The van der Waals surface area contributed by atoms with Gasteiger partial charge in [0.05, 0.1) is 30.0 Å². The van der Waals surface area contributed by atoms with E-state index in [0.29, 0.717) is 18.7 Å². The summed E-state index contributed by atoms with van der Waals surface area (Å²) in [5.74, 6) is 0.857. The molecule has 0 amide bonds. The molecule has 4 heteroatoms. The Morgan fingerprint density at radius 2 is 1.95 bits per heavy atom. The lowest BCUT2D eigenvalue weighted by Gasteiger charge is -2.32. The molecule has 3 rings (SSSR count). The Morgan fingerprint density at radius 1 is 1.19 bits per heavy atom. The standard InChI is InChI=1S/C17H16N2O2/c18-11-13-5-7-14(8-6-13)16(20)12-19-9-10-21-17-4-2-1-3-15(17)19/h1-8,16,20H,9-10,12H2. The Kier molecular flexibility index (Phi) is 3.76. The second-order valence-electron chi connectivity index (χ2n) is 5.01. The number of hydrogen-bond donors (Lipinski definition) is 1. The van der Waals surface area contributed by atoms with E-state index in [1.807, 2.05) is 24.3 Å². The highest BCUT2D eigenvalue weighted by Gasteiger charge is 2.20. The molecule has 0 aromatic heterocycles. The highest BCUT2D eigenvalue weighted by molar-refractivity contribution is 5.59. The average Bonchev–Trinajstić information content (AvgIpc) is 2.55. The van der Waals surface area contributed by atoms with Gasteiger partial charge in [-0.15, -0.1) is 0 Å². The number of fused-ring (bicyclic) bond motifs is 1. The van der Waals surface area contributed by atoms with Crippen molar-refractivity contribution in [3.8, 4) is 11.8 Å². The van der Waals surface area contributed by atoms with Crippen molar-refractivity contribution in [1.82, 2.24) is 0 Å². The van der Waals surface area contributed by atoms with Crippen LogP contribution in [0.5, 0.6) is 5.75 Å². The molecular formula is C17H16N2O2. The molecule has 4 nitrogen and oxygen atoms in total. The first-order chi connectivity index (χ1) is 10.3. The van der Waals surface area contributed by atoms with Crippen LogP contribution in [0, 0.1) is 11.3 Å². The molecule has 1 aliphatic rings. The maximum Gasteiger partial charge on any atom is 0.142 e. The van der Waals surface area contributed by atoms with E-state index < -0.39 is 6.10 Å². The lowest BCUT2D eigenvalue weighted by molar-refractivity contribution is 0.179. The zero-order valence-corrected chi connectivity index (χ0v) is 11.6. The first-order valence-electron chi connectivity index (χ1n) is 6.93. The molecule has 2 aromatic rings. The minimum Gasteiger partial charge on any atom is -0.490 e. The van der Waals surface area contributed by atoms with E-state index in [1.165, 1.54) is 0 Å². The minimum atomic E-state index is -0.594. The summed E-state index contributed by atoms with van der Waals surface area (Å²) in [7, 11) is 0. The van der Waals surface area contributed by atoms with Crippen molar-refractivity contribution in [2.45, 2.75) is 6.10 Å². The highest BCUT2D eigenvalue weighted by Crippen LogP contribution is 2.32. The maximum atomic E-state index is 10.4. The number of β-amino-alcohol motifs (C(OH)–C–C–N with tert-alkyl or cyclic N) is 1. The zero-order chi connectivity index (χ0) is 14.7. The van der Waals surface area contributed by atoms with E-state index in [9.17, 15) is 5.11 Å². The molecule has 0 aliphatic carbocycles. The summed E-state index contributed by atoms with van der Waals surface area (Å²) in [5, 5.41) is 19.2. The number of hydrogen-bond acceptors (Lipinski definition) is 4. The van der Waals surface area contributed by atoms with Crippen LogP contribution in [-0.2, 0) is 0 Å². The van der Waals surface area contributed by atoms with Crippen LogP contribution in [0.1, 0.15) is 17.2 Å². The van der Waals surface area contributed by atoms with Gasteiger partial charge in [-0.3, -0.25) is 0 Å². The van der Waals surface area contributed by atoms with Gasteiger partial charge in [0.1, 0.15) is 12.4 Å². The van der Waals surface area contributed by atoms with E-state index in [4.69, 9.17) is 10.00 Å². The van der Waals surface area contributed by atoms with Crippen molar-refractivity contribution in [2.75, 3.05) is 24.6 Å². The Hall–Kier alpha value is -2.51. The molecule has 1 atom stereocenters. The zero-order valence-electron chi connectivity index (χ0n) is 11.6. The number of ether oxygens (including phenoxy) is 1. The summed E-state index contributed by atoms with van der Waals surface area (Å²) in [6.45, 7) is 1.88. The molecule has 21 heavy (non-hydrogen) atoms. The number of rotatable bonds is 3. The predicted molar refractivity (Wildman–Crippen MR) is 80.3 cm³/mol. The largest absolute Gasteiger partial charge is 0.490 e. The van der Waals surface area contributed by atoms with E-state index >= 15 is 0 Å². The summed E-state index contributed by atoms with van der Waals surface area (Å²) in [5.41, 5.74) is 2.43. The molecule has 0 bridgehead atoms. The fraction of sp³-hybridized carbons (Fsp3) is 0.235. The van der Waals surface area contributed by atoms with Crippen molar-refractivity contribution in [1.29, 1.82) is 5.26 Å². The first kappa shape index (κ1) is 13.5. The highest BCUT2D eigenvalue weighted by atomic mass is 16.5. The van der Waals surface area contributed by atoms with Crippen LogP contribution in [0.4, 0.5) is 5.69 Å². The van der Waals surface area contributed by atoms with Gasteiger partial charge in [-0.05, 0) is 29.8 Å². The molecule has 0 saturated heterocycles. The molecule has 0 saturated carbocycles. The first-order valence-corrected chi connectivity index (χ1v) is 6.93. The summed E-state index contributed by atoms with van der Waals surface area (Å²) in [4.78, 5) is 2.13. The Labute approximate surface area is 123 Å². The van der Waals surface area contributed by atoms with Crippen molar-refractivity contribution in [3.63, 3.8) is 0 Å². The third kappa shape index (κ3) is 2.83. The molecule has 0 spiro atoms. The summed E-state index contributed by atoms with van der Waals surface area (Å²) >= 11 is 0. The molecule has 1 aliphatic heterocycles. The van der Waals surface area contributed by atoms with Gasteiger partial charge in [0.25, 0.3) is 0 Å². The van der Waals surface area contributed by atoms with Gasteiger partial charge in [-0.25, -0.2) is 0 Å². The van der Waals surface area contributed by atoms with Gasteiger partial charge in [0, 0.05) is 6.54 Å². The number of nitrogens with zero attached hydrogens (tertiary/aromatic N) is 2. The number of anilines is 1. The summed E-state index contributed by atoms with van der Waals surface area (Å²) < 4.78 is 5.61. The molecule has 1 heterocycles. The topological polar surface area (TPSA) is 56.5 Å². The second-order valence-corrected chi connectivity index (χ2v) is 5.01. The summed E-state index contributed by atoms with van der Waals surface area (Å²) in [6, 6.07) is 17.0. The van der Waals surface area contributed by atoms with Crippen LogP contribution in [-0.4, -0.2) is 24.8 Å². The van der Waals surface area contributed by atoms with Gasteiger partial charge >= 0.3 is 0 Å². The van der Waals surface area contributed by atoms with E-state index in [0.717, 1.165) is 23.5 Å². The van der Waals surface area contributed by atoms with Crippen LogP contribution < -0.4 is 9.64 Å². The normalized spacial score (nSPS) is 14.8. The third-order valence-electron chi connectivity index (χ3n) is 3.64. The van der Waals surface area contributed by atoms with Gasteiger partial charge in [-0.2, -0.15) is 5.26 Å². The SMILES string of the molecule is N#Cc1ccc(C(O)CN2CCOc3ccccc32)cc1. The Bertz CT molecular complexity index is 661. The minimum absolute atomic E-state index is 0.506. The number of aliphatic hydroxyl groups is 1. The quantitative estimate of drug-likeness (QED) is 0.938. The Balaban J connectivity index is 1.76. The van der Waals surface area contributed by atoms with Crippen molar-refractivity contribution in [2.24, 2.45) is 0 Å².